The Morgan fingerprint density at radius 2 is 1.70 bits per heavy atom. The van der Waals surface area contributed by atoms with Crippen LogP contribution in [0.4, 0.5) is 0 Å². The summed E-state index contributed by atoms with van der Waals surface area (Å²) in [5.41, 5.74) is 4.14. The van der Waals surface area contributed by atoms with Crippen LogP contribution in [-0.4, -0.2) is 32.1 Å². The van der Waals surface area contributed by atoms with Crippen LogP contribution in [0.3, 0.4) is 0 Å². The van der Waals surface area contributed by atoms with Crippen molar-refractivity contribution >= 4 is 5.91 Å². The molecule has 4 nitrogen and oxygen atoms in total. The van der Waals surface area contributed by atoms with Crippen LogP contribution in [0.1, 0.15) is 27.0 Å². The summed E-state index contributed by atoms with van der Waals surface area (Å²) in [6.07, 6.45) is 0. The number of nitrogens with zero attached hydrogens (tertiary/aromatic N) is 1. The van der Waals surface area contributed by atoms with Crippen molar-refractivity contribution < 1.29 is 14.3 Å². The molecule has 0 saturated heterocycles. The van der Waals surface area contributed by atoms with E-state index in [0.717, 1.165) is 5.56 Å². The zero-order chi connectivity index (χ0) is 17.0. The Labute approximate surface area is 137 Å². The van der Waals surface area contributed by atoms with Crippen LogP contribution in [0.25, 0.3) is 0 Å². The van der Waals surface area contributed by atoms with Crippen LogP contribution >= 0.6 is 0 Å². The minimum absolute atomic E-state index is 0.0501. The Kier molecular flexibility index (Phi) is 5.27. The summed E-state index contributed by atoms with van der Waals surface area (Å²) in [7, 11) is 4.94. The first kappa shape index (κ1) is 16.9. The van der Waals surface area contributed by atoms with Gasteiger partial charge in [0.25, 0.3) is 5.91 Å². The SMILES string of the molecule is COc1ccc(C(=O)N(C)Cc2ccc(C)cc2C)cc1OC. The Balaban J connectivity index is 2.19. The molecule has 0 radical (unpaired) electrons. The molecule has 2 rings (SSSR count). The molecule has 0 unspecified atom stereocenters. The zero-order valence-corrected chi connectivity index (χ0v) is 14.3. The fraction of sp³-hybridized carbons (Fsp3) is 0.316. The predicted octanol–water partition coefficient (Wildman–Crippen LogP) is 3.59. The molecule has 0 spiro atoms. The Bertz CT molecular complexity index is 710. The van der Waals surface area contributed by atoms with Gasteiger partial charge in [0.2, 0.25) is 0 Å². The van der Waals surface area contributed by atoms with Gasteiger partial charge >= 0.3 is 0 Å². The molecule has 0 aliphatic heterocycles. The fourth-order valence-electron chi connectivity index (χ4n) is 2.54. The van der Waals surface area contributed by atoms with Crippen LogP contribution in [0.15, 0.2) is 36.4 Å². The summed E-state index contributed by atoms with van der Waals surface area (Å²) < 4.78 is 10.5. The topological polar surface area (TPSA) is 38.8 Å². The highest BCUT2D eigenvalue weighted by Gasteiger charge is 2.15. The molecule has 2 aromatic rings. The molecule has 0 aromatic heterocycles. The van der Waals surface area contributed by atoms with Crippen LogP contribution < -0.4 is 9.47 Å². The lowest BCUT2D eigenvalue weighted by Gasteiger charge is -2.19. The highest BCUT2D eigenvalue weighted by Crippen LogP contribution is 2.28. The van der Waals surface area contributed by atoms with E-state index in [1.807, 2.05) is 0 Å². The van der Waals surface area contributed by atoms with Crippen LogP contribution in [0.5, 0.6) is 11.5 Å². The van der Waals surface area contributed by atoms with E-state index in [9.17, 15) is 4.79 Å². The molecular weight excluding hydrogens is 290 g/mol. The lowest BCUT2D eigenvalue weighted by atomic mass is 10.1. The number of hydrogen-bond donors (Lipinski definition) is 0. The third-order valence-corrected chi connectivity index (χ3v) is 3.88. The van der Waals surface area contributed by atoms with Gasteiger partial charge < -0.3 is 14.4 Å². The average Bonchev–Trinajstić information content (AvgIpc) is 2.55. The van der Waals surface area contributed by atoms with Crippen molar-refractivity contribution in [3.8, 4) is 11.5 Å². The number of methoxy groups -OCH3 is 2. The summed E-state index contributed by atoms with van der Waals surface area (Å²) in [5, 5.41) is 0. The molecule has 0 heterocycles. The van der Waals surface area contributed by atoms with Crippen molar-refractivity contribution in [2.24, 2.45) is 0 Å². The minimum atomic E-state index is -0.0501. The van der Waals surface area contributed by atoms with Gasteiger partial charge in [0.05, 0.1) is 14.2 Å². The van der Waals surface area contributed by atoms with Crippen molar-refractivity contribution in [2.45, 2.75) is 20.4 Å². The second-order valence-electron chi connectivity index (χ2n) is 5.66. The molecule has 2 aromatic carbocycles. The molecule has 1 amide bonds. The fourth-order valence-corrected chi connectivity index (χ4v) is 2.54. The average molecular weight is 313 g/mol. The summed E-state index contributed by atoms with van der Waals surface area (Å²) in [6, 6.07) is 11.5. The van der Waals surface area contributed by atoms with Crippen LogP contribution in [0.2, 0.25) is 0 Å². The number of rotatable bonds is 5. The van der Waals surface area contributed by atoms with Gasteiger partial charge in [0.1, 0.15) is 0 Å². The maximum atomic E-state index is 12.6. The van der Waals surface area contributed by atoms with E-state index in [4.69, 9.17) is 9.47 Å². The highest BCUT2D eigenvalue weighted by molar-refractivity contribution is 5.94. The molecule has 122 valence electrons. The molecule has 0 saturated carbocycles. The second-order valence-corrected chi connectivity index (χ2v) is 5.66. The minimum Gasteiger partial charge on any atom is -0.493 e. The smallest absolute Gasteiger partial charge is 0.254 e. The van der Waals surface area contributed by atoms with Crippen molar-refractivity contribution in [2.75, 3.05) is 21.3 Å². The maximum absolute atomic E-state index is 12.6. The van der Waals surface area contributed by atoms with Gasteiger partial charge in [-0.15, -0.1) is 0 Å². The quantitative estimate of drug-likeness (QED) is 0.846. The number of ether oxygens (including phenoxy) is 2. The van der Waals surface area contributed by atoms with Gasteiger partial charge in [-0.05, 0) is 43.2 Å². The van der Waals surface area contributed by atoms with E-state index in [1.165, 1.54) is 11.1 Å². The Hall–Kier alpha value is -2.49. The molecular formula is C19H23NO3. The largest absolute Gasteiger partial charge is 0.493 e. The maximum Gasteiger partial charge on any atom is 0.254 e. The third-order valence-electron chi connectivity index (χ3n) is 3.88. The Morgan fingerprint density at radius 3 is 2.30 bits per heavy atom. The van der Waals surface area contributed by atoms with Crippen LogP contribution in [-0.2, 0) is 6.54 Å². The van der Waals surface area contributed by atoms with Gasteiger partial charge in [0, 0.05) is 19.2 Å². The number of carbonyl (C=O) groups is 1. The van der Waals surface area contributed by atoms with E-state index in [0.29, 0.717) is 23.6 Å². The summed E-state index contributed by atoms with van der Waals surface area (Å²) in [5.74, 6) is 1.12. The first-order valence-corrected chi connectivity index (χ1v) is 7.50. The van der Waals surface area contributed by atoms with E-state index >= 15 is 0 Å². The first-order chi connectivity index (χ1) is 11.0. The van der Waals surface area contributed by atoms with Crippen molar-refractivity contribution in [1.29, 1.82) is 0 Å². The van der Waals surface area contributed by atoms with E-state index in [1.54, 1.807) is 44.4 Å². The molecule has 0 bridgehead atoms. The predicted molar refractivity (Wildman–Crippen MR) is 91.3 cm³/mol. The number of benzene rings is 2. The van der Waals surface area contributed by atoms with E-state index in [2.05, 4.69) is 32.0 Å². The normalized spacial score (nSPS) is 10.3. The number of aryl methyl sites for hydroxylation is 2. The molecule has 0 atom stereocenters. The lowest BCUT2D eigenvalue weighted by molar-refractivity contribution is 0.0784. The summed E-state index contributed by atoms with van der Waals surface area (Å²) in [6.45, 7) is 4.70. The van der Waals surface area contributed by atoms with Gasteiger partial charge in [-0.2, -0.15) is 0 Å². The molecule has 0 fully saturated rings. The standard InChI is InChI=1S/C19H23NO3/c1-13-6-7-16(14(2)10-13)12-20(3)19(21)15-8-9-17(22-4)18(11-15)23-5/h6-11H,12H2,1-5H3. The zero-order valence-electron chi connectivity index (χ0n) is 14.3. The lowest BCUT2D eigenvalue weighted by Crippen LogP contribution is -2.26. The van der Waals surface area contributed by atoms with E-state index in [-0.39, 0.29) is 5.91 Å². The van der Waals surface area contributed by atoms with Crippen LogP contribution in [0, 0.1) is 13.8 Å². The molecule has 23 heavy (non-hydrogen) atoms. The van der Waals surface area contributed by atoms with E-state index < -0.39 is 0 Å². The summed E-state index contributed by atoms with van der Waals surface area (Å²) in [4.78, 5) is 14.3. The summed E-state index contributed by atoms with van der Waals surface area (Å²) >= 11 is 0. The first-order valence-electron chi connectivity index (χ1n) is 7.50. The third kappa shape index (κ3) is 3.83. The van der Waals surface area contributed by atoms with Gasteiger partial charge in [-0.1, -0.05) is 23.8 Å². The monoisotopic (exact) mass is 313 g/mol. The van der Waals surface area contributed by atoms with Crippen molar-refractivity contribution in [1.82, 2.24) is 4.90 Å². The van der Waals surface area contributed by atoms with Crippen molar-refractivity contribution in [3.05, 3.63) is 58.7 Å². The van der Waals surface area contributed by atoms with Gasteiger partial charge in [0.15, 0.2) is 11.5 Å². The molecule has 0 aliphatic rings. The number of amides is 1. The second kappa shape index (κ2) is 7.18. The van der Waals surface area contributed by atoms with Crippen molar-refractivity contribution in [3.63, 3.8) is 0 Å². The Morgan fingerprint density at radius 1 is 1.00 bits per heavy atom. The van der Waals surface area contributed by atoms with Gasteiger partial charge in [-0.25, -0.2) is 0 Å². The number of hydrogen-bond acceptors (Lipinski definition) is 3. The molecule has 0 aliphatic carbocycles. The van der Waals surface area contributed by atoms with Gasteiger partial charge in [-0.3, -0.25) is 4.79 Å². The molecule has 4 heteroatoms. The highest BCUT2D eigenvalue weighted by atomic mass is 16.5. The number of carbonyl (C=O) groups excluding carboxylic acids is 1. The molecule has 0 N–H and O–H groups in total.